The molecule has 6 rings (SSSR count). The quantitative estimate of drug-likeness (QED) is 0.610. The average molecular weight is 450 g/mol. The lowest BCUT2D eigenvalue weighted by Crippen LogP contribution is -2.43. The van der Waals surface area contributed by atoms with Crippen molar-refractivity contribution in [2.75, 3.05) is 48.9 Å². The summed E-state index contributed by atoms with van der Waals surface area (Å²) in [7, 11) is 1.82. The lowest BCUT2D eigenvalue weighted by atomic mass is 9.92. The van der Waals surface area contributed by atoms with Gasteiger partial charge in [-0.15, -0.1) is 0 Å². The van der Waals surface area contributed by atoms with Crippen LogP contribution in [0.15, 0.2) is 30.6 Å². The van der Waals surface area contributed by atoms with Crippen LogP contribution in [0.5, 0.6) is 0 Å². The Hall–Kier alpha value is -3.37. The first-order valence-electron chi connectivity index (χ1n) is 11.3. The number of hydrogen-bond donors (Lipinski definition) is 2. The number of nitrogens with one attached hydrogen (secondary N) is 2. The van der Waals surface area contributed by atoms with E-state index in [1.165, 1.54) is 10.9 Å². The number of anilines is 4. The summed E-state index contributed by atoms with van der Waals surface area (Å²) >= 11 is 0. The lowest BCUT2D eigenvalue weighted by Gasteiger charge is -2.35. The number of carbonyl (C=O) groups is 1. The molecule has 2 fully saturated rings. The maximum absolute atomic E-state index is 12.9. The molecule has 2 N–H and O–H groups in total. The van der Waals surface area contributed by atoms with E-state index in [0.29, 0.717) is 36.8 Å². The fraction of sp³-hybridized carbons (Fsp3) is 0.435. The number of pyridine rings is 1. The van der Waals surface area contributed by atoms with E-state index in [4.69, 9.17) is 19.2 Å². The third-order valence-corrected chi connectivity index (χ3v) is 6.46. The van der Waals surface area contributed by atoms with Gasteiger partial charge in [0.15, 0.2) is 5.65 Å². The molecular formula is C23H26N6O4. The molecule has 1 aliphatic carbocycles. The Labute approximate surface area is 190 Å². The molecule has 3 aromatic rings. The molecule has 0 spiro atoms. The van der Waals surface area contributed by atoms with Gasteiger partial charge in [-0.25, -0.2) is 19.3 Å². The van der Waals surface area contributed by atoms with Gasteiger partial charge in [0.1, 0.15) is 23.8 Å². The Bertz CT molecular complexity index is 1210. The molecule has 172 valence electrons. The van der Waals surface area contributed by atoms with Crippen LogP contribution < -0.4 is 15.5 Å². The molecule has 10 nitrogen and oxygen atoms in total. The second kappa shape index (κ2) is 8.20. The number of benzene rings is 1. The smallest absolute Gasteiger partial charge is 0.421 e. The van der Waals surface area contributed by atoms with E-state index in [9.17, 15) is 4.79 Å². The summed E-state index contributed by atoms with van der Waals surface area (Å²) in [4.78, 5) is 24.3. The van der Waals surface area contributed by atoms with Crippen LogP contribution in [0.4, 0.5) is 27.7 Å². The minimum absolute atomic E-state index is 0.119. The van der Waals surface area contributed by atoms with Crippen LogP contribution >= 0.6 is 0 Å². The Morgan fingerprint density at radius 1 is 1.12 bits per heavy atom. The van der Waals surface area contributed by atoms with Gasteiger partial charge < -0.3 is 29.7 Å². The van der Waals surface area contributed by atoms with Gasteiger partial charge in [-0.1, -0.05) is 0 Å². The third kappa shape index (κ3) is 3.75. The SMILES string of the molecule is CNc1cc2nc3c1ncn3C(=O)O[C@H]1CC[C@H]1OCc1cc(cc(N3CCOCC3)c1)N2. The van der Waals surface area contributed by atoms with Gasteiger partial charge in [0.2, 0.25) is 0 Å². The van der Waals surface area contributed by atoms with E-state index < -0.39 is 6.09 Å². The van der Waals surface area contributed by atoms with E-state index in [0.717, 1.165) is 48.6 Å². The van der Waals surface area contributed by atoms with Gasteiger partial charge in [0.05, 0.1) is 31.6 Å². The molecule has 1 saturated carbocycles. The second-order valence-electron chi connectivity index (χ2n) is 8.55. The van der Waals surface area contributed by atoms with Gasteiger partial charge in [-0.3, -0.25) is 0 Å². The number of nitrogens with zero attached hydrogens (tertiary/aromatic N) is 4. The van der Waals surface area contributed by atoms with Crippen LogP contribution in [0.3, 0.4) is 0 Å². The van der Waals surface area contributed by atoms with Gasteiger partial charge >= 0.3 is 6.09 Å². The van der Waals surface area contributed by atoms with Crippen LogP contribution in [0, 0.1) is 0 Å². The maximum atomic E-state index is 12.9. The molecule has 0 amide bonds. The molecule has 1 saturated heterocycles. The van der Waals surface area contributed by atoms with E-state index in [2.05, 4.69) is 38.7 Å². The summed E-state index contributed by atoms with van der Waals surface area (Å²) < 4.78 is 18.8. The summed E-state index contributed by atoms with van der Waals surface area (Å²) in [5, 5.41) is 6.57. The monoisotopic (exact) mass is 450 g/mol. The van der Waals surface area contributed by atoms with Gasteiger partial charge in [-0.05, 0) is 36.6 Å². The highest BCUT2D eigenvalue weighted by Gasteiger charge is 2.36. The van der Waals surface area contributed by atoms with Crippen molar-refractivity contribution in [3.8, 4) is 0 Å². The van der Waals surface area contributed by atoms with E-state index >= 15 is 0 Å². The summed E-state index contributed by atoms with van der Waals surface area (Å²) in [5.41, 5.74) is 4.89. The summed E-state index contributed by atoms with van der Waals surface area (Å²) in [6.07, 6.45) is 2.22. The van der Waals surface area contributed by atoms with Crippen molar-refractivity contribution < 1.29 is 19.0 Å². The second-order valence-corrected chi connectivity index (χ2v) is 8.55. The normalized spacial score (nSPS) is 22.7. The molecular weight excluding hydrogens is 424 g/mol. The van der Waals surface area contributed by atoms with Crippen LogP contribution in [0.1, 0.15) is 18.4 Å². The first kappa shape index (κ1) is 20.3. The molecule has 4 heterocycles. The van der Waals surface area contributed by atoms with Crippen molar-refractivity contribution in [1.29, 1.82) is 0 Å². The number of morpholine rings is 1. The molecule has 2 atom stereocenters. The highest BCUT2D eigenvalue weighted by Crippen LogP contribution is 2.32. The van der Waals surface area contributed by atoms with E-state index in [-0.39, 0.29) is 12.2 Å². The summed E-state index contributed by atoms with van der Waals surface area (Å²) in [6.45, 7) is 3.56. The molecule has 10 heteroatoms. The third-order valence-electron chi connectivity index (χ3n) is 6.46. The number of imidazole rings is 1. The van der Waals surface area contributed by atoms with Crippen LogP contribution in [-0.4, -0.2) is 66.2 Å². The number of ether oxygens (including phenoxy) is 3. The highest BCUT2D eigenvalue weighted by atomic mass is 16.6. The molecule has 0 radical (unpaired) electrons. The zero-order chi connectivity index (χ0) is 22.4. The maximum Gasteiger partial charge on any atom is 0.421 e. The Kier molecular flexibility index (Phi) is 5.03. The van der Waals surface area contributed by atoms with Crippen molar-refractivity contribution in [3.63, 3.8) is 0 Å². The van der Waals surface area contributed by atoms with Crippen LogP contribution in [0.2, 0.25) is 0 Å². The minimum atomic E-state index is -0.493. The van der Waals surface area contributed by atoms with Crippen LogP contribution in [0.25, 0.3) is 11.2 Å². The first-order chi connectivity index (χ1) is 16.2. The van der Waals surface area contributed by atoms with E-state index in [1.54, 1.807) is 0 Å². The predicted octanol–water partition coefficient (Wildman–Crippen LogP) is 3.10. The van der Waals surface area contributed by atoms with Crippen LogP contribution in [-0.2, 0) is 20.8 Å². The number of hydrogen-bond acceptors (Lipinski definition) is 9. The van der Waals surface area contributed by atoms with E-state index in [1.807, 2.05) is 13.1 Å². The van der Waals surface area contributed by atoms with Crippen molar-refractivity contribution in [2.24, 2.45) is 0 Å². The van der Waals surface area contributed by atoms with Crippen molar-refractivity contribution in [2.45, 2.75) is 31.7 Å². The highest BCUT2D eigenvalue weighted by molar-refractivity contribution is 5.93. The van der Waals surface area contributed by atoms with Gasteiger partial charge in [0, 0.05) is 37.6 Å². The van der Waals surface area contributed by atoms with Crippen molar-refractivity contribution >= 4 is 40.1 Å². The average Bonchev–Trinajstić information content (AvgIpc) is 3.25. The standard InChI is InChI=1S/C23H26N6O4/c1-24-17-11-20-26-15-8-14(9-16(10-15)28-4-6-31-7-5-28)12-32-18-2-3-19(18)33-23(30)29-13-25-21(17)22(29)27-20/h8-11,13,18-19H,2-7,12H2,1H3,(H2,24,26,27)/t18-,19+/m1/s1. The Morgan fingerprint density at radius 3 is 2.76 bits per heavy atom. The van der Waals surface area contributed by atoms with Gasteiger partial charge in [0.25, 0.3) is 0 Å². The molecule has 3 aliphatic rings. The summed E-state index contributed by atoms with van der Waals surface area (Å²) in [6, 6.07) is 8.24. The number of rotatable bonds is 2. The Morgan fingerprint density at radius 2 is 1.97 bits per heavy atom. The fourth-order valence-electron chi connectivity index (χ4n) is 4.51. The number of aromatic nitrogens is 3. The molecule has 2 aromatic heterocycles. The van der Waals surface area contributed by atoms with Gasteiger partial charge in [-0.2, -0.15) is 0 Å². The topological polar surface area (TPSA) is 103 Å². The molecule has 1 aromatic carbocycles. The fourth-order valence-corrected chi connectivity index (χ4v) is 4.51. The zero-order valence-corrected chi connectivity index (χ0v) is 18.4. The number of fused-ring (bicyclic) bond motifs is 4. The Balaban J connectivity index is 1.45. The molecule has 4 bridgehead atoms. The summed E-state index contributed by atoms with van der Waals surface area (Å²) in [5.74, 6) is 0.603. The molecule has 2 aliphatic heterocycles. The zero-order valence-electron chi connectivity index (χ0n) is 18.4. The first-order valence-corrected chi connectivity index (χ1v) is 11.3. The number of carbonyl (C=O) groups excluding carboxylic acids is 1. The lowest BCUT2D eigenvalue weighted by molar-refractivity contribution is -0.106. The largest absolute Gasteiger partial charge is 0.443 e. The molecule has 0 unspecified atom stereocenters. The minimum Gasteiger partial charge on any atom is -0.443 e. The van der Waals surface area contributed by atoms with Crippen molar-refractivity contribution in [3.05, 3.63) is 36.2 Å². The predicted molar refractivity (Wildman–Crippen MR) is 123 cm³/mol. The molecule has 33 heavy (non-hydrogen) atoms. The van der Waals surface area contributed by atoms with Crippen molar-refractivity contribution in [1.82, 2.24) is 14.5 Å².